The van der Waals surface area contributed by atoms with Crippen molar-refractivity contribution in [2.75, 3.05) is 24.5 Å². The van der Waals surface area contributed by atoms with Gasteiger partial charge >= 0.3 is 0 Å². The zero-order valence-electron chi connectivity index (χ0n) is 19.2. The molecule has 2 heterocycles. The Labute approximate surface area is 198 Å². The average molecular weight is 462 g/mol. The van der Waals surface area contributed by atoms with E-state index in [-0.39, 0.29) is 34.6 Å². The second-order valence-corrected chi connectivity index (χ2v) is 8.40. The van der Waals surface area contributed by atoms with Gasteiger partial charge in [-0.3, -0.25) is 9.59 Å². The number of benzene rings is 2. The minimum absolute atomic E-state index is 0.230. The largest absolute Gasteiger partial charge is 0.369 e. The number of hydrogen-bond acceptors (Lipinski definition) is 5. The van der Waals surface area contributed by atoms with Gasteiger partial charge in [-0.05, 0) is 37.5 Å². The van der Waals surface area contributed by atoms with E-state index in [2.05, 4.69) is 9.97 Å². The molecule has 0 spiro atoms. The minimum Gasteiger partial charge on any atom is -0.369 e. The molecular weight excluding hydrogens is 433 g/mol. The highest BCUT2D eigenvalue weighted by Gasteiger charge is 2.28. The first-order valence-electron chi connectivity index (χ1n) is 11.5. The Hall–Kier alpha value is -3.81. The van der Waals surface area contributed by atoms with Crippen molar-refractivity contribution in [1.29, 1.82) is 0 Å². The molecule has 34 heavy (non-hydrogen) atoms. The molecule has 1 atom stereocenters. The highest BCUT2D eigenvalue weighted by Crippen LogP contribution is 2.29. The fourth-order valence-corrected chi connectivity index (χ4v) is 4.23. The van der Waals surface area contributed by atoms with Gasteiger partial charge in [-0.1, -0.05) is 42.5 Å². The molecule has 1 saturated heterocycles. The lowest BCUT2D eigenvalue weighted by atomic mass is 9.98. The molecule has 1 unspecified atom stereocenters. The number of carbonyl (C=O) groups is 2. The number of hydrogen-bond donors (Lipinski definition) is 1. The number of nitrogens with two attached hydrogens (primary N) is 1. The van der Waals surface area contributed by atoms with Crippen LogP contribution in [0.15, 0.2) is 60.8 Å². The summed E-state index contributed by atoms with van der Waals surface area (Å²) in [5, 5.41) is 0. The Morgan fingerprint density at radius 3 is 2.59 bits per heavy atom. The second-order valence-electron chi connectivity index (χ2n) is 8.40. The predicted octanol–water partition coefficient (Wildman–Crippen LogP) is 3.65. The highest BCUT2D eigenvalue weighted by atomic mass is 19.1. The summed E-state index contributed by atoms with van der Waals surface area (Å²) < 4.78 is 14.8. The van der Waals surface area contributed by atoms with Gasteiger partial charge in [0.2, 0.25) is 11.9 Å². The maximum atomic E-state index is 14.8. The van der Waals surface area contributed by atoms with E-state index in [4.69, 9.17) is 5.73 Å². The lowest BCUT2D eigenvalue weighted by Crippen LogP contribution is -2.42. The fourth-order valence-electron chi connectivity index (χ4n) is 4.23. The van der Waals surface area contributed by atoms with Crippen molar-refractivity contribution in [3.05, 3.63) is 77.7 Å². The van der Waals surface area contributed by atoms with Crippen LogP contribution in [0.3, 0.4) is 0 Å². The molecule has 0 aliphatic carbocycles. The van der Waals surface area contributed by atoms with E-state index >= 15 is 0 Å². The monoisotopic (exact) mass is 461 g/mol. The SMILES string of the molecule is CCN(Cc1ccccc1)C(=O)c1cnc(N2CCCC(C(N)=O)C2)nc1-c1ccccc1F. The van der Waals surface area contributed by atoms with Gasteiger partial charge in [0, 0.05) is 37.9 Å². The summed E-state index contributed by atoms with van der Waals surface area (Å²) in [4.78, 5) is 37.9. The third-order valence-corrected chi connectivity index (χ3v) is 6.13. The van der Waals surface area contributed by atoms with Crippen molar-refractivity contribution >= 4 is 17.8 Å². The summed E-state index contributed by atoms with van der Waals surface area (Å²) in [6.07, 6.45) is 2.95. The number of rotatable bonds is 7. The van der Waals surface area contributed by atoms with Crippen LogP contribution in [0.5, 0.6) is 0 Å². The van der Waals surface area contributed by atoms with Crippen LogP contribution in [-0.2, 0) is 11.3 Å². The first-order chi connectivity index (χ1) is 16.5. The van der Waals surface area contributed by atoms with Crippen molar-refractivity contribution in [1.82, 2.24) is 14.9 Å². The van der Waals surface area contributed by atoms with E-state index < -0.39 is 5.82 Å². The van der Waals surface area contributed by atoms with Crippen molar-refractivity contribution in [3.63, 3.8) is 0 Å². The molecule has 4 rings (SSSR count). The normalized spacial score (nSPS) is 15.7. The lowest BCUT2D eigenvalue weighted by Gasteiger charge is -2.31. The minimum atomic E-state index is -0.471. The smallest absolute Gasteiger partial charge is 0.257 e. The average Bonchev–Trinajstić information content (AvgIpc) is 2.87. The van der Waals surface area contributed by atoms with E-state index in [0.717, 1.165) is 12.0 Å². The molecule has 1 aliphatic rings. The lowest BCUT2D eigenvalue weighted by molar-refractivity contribution is -0.122. The molecule has 1 aliphatic heterocycles. The fraction of sp³-hybridized carbons (Fsp3) is 0.308. The quantitative estimate of drug-likeness (QED) is 0.580. The molecule has 0 radical (unpaired) electrons. The molecule has 2 amide bonds. The number of nitrogens with zero attached hydrogens (tertiary/aromatic N) is 4. The van der Waals surface area contributed by atoms with E-state index in [0.29, 0.717) is 38.5 Å². The van der Waals surface area contributed by atoms with Crippen LogP contribution >= 0.6 is 0 Å². The third-order valence-electron chi connectivity index (χ3n) is 6.13. The zero-order chi connectivity index (χ0) is 24.1. The Morgan fingerprint density at radius 2 is 1.88 bits per heavy atom. The molecule has 176 valence electrons. The van der Waals surface area contributed by atoms with Crippen LogP contribution in [0, 0.1) is 11.7 Å². The van der Waals surface area contributed by atoms with Gasteiger partial charge < -0.3 is 15.5 Å². The van der Waals surface area contributed by atoms with E-state index in [1.165, 1.54) is 12.3 Å². The van der Waals surface area contributed by atoms with Crippen LogP contribution in [0.1, 0.15) is 35.7 Å². The number of halogens is 1. The predicted molar refractivity (Wildman–Crippen MR) is 128 cm³/mol. The number of aromatic nitrogens is 2. The molecule has 2 aromatic carbocycles. The van der Waals surface area contributed by atoms with Crippen LogP contribution in [0.2, 0.25) is 0 Å². The number of anilines is 1. The maximum absolute atomic E-state index is 14.8. The summed E-state index contributed by atoms with van der Waals surface area (Å²) in [5.74, 6) is -1.04. The topological polar surface area (TPSA) is 92.4 Å². The Balaban J connectivity index is 1.72. The molecular formula is C26H28FN5O2. The van der Waals surface area contributed by atoms with E-state index in [1.54, 1.807) is 23.1 Å². The first kappa shape index (κ1) is 23.4. The number of carbonyl (C=O) groups excluding carboxylic acids is 2. The first-order valence-corrected chi connectivity index (χ1v) is 11.5. The second kappa shape index (κ2) is 10.4. The van der Waals surface area contributed by atoms with Crippen molar-refractivity contribution in [3.8, 4) is 11.3 Å². The number of piperidine rings is 1. The molecule has 7 nitrogen and oxygen atoms in total. The van der Waals surface area contributed by atoms with Crippen molar-refractivity contribution in [2.24, 2.45) is 11.7 Å². The summed E-state index contributed by atoms with van der Waals surface area (Å²) in [5.41, 5.74) is 7.21. The maximum Gasteiger partial charge on any atom is 0.257 e. The molecule has 1 fully saturated rings. The summed E-state index contributed by atoms with van der Waals surface area (Å²) in [7, 11) is 0. The molecule has 1 aromatic heterocycles. The molecule has 8 heteroatoms. The zero-order valence-corrected chi connectivity index (χ0v) is 19.2. The molecule has 0 saturated carbocycles. The number of amides is 2. The van der Waals surface area contributed by atoms with Gasteiger partial charge in [-0.15, -0.1) is 0 Å². The van der Waals surface area contributed by atoms with Gasteiger partial charge in [0.15, 0.2) is 0 Å². The van der Waals surface area contributed by atoms with Crippen LogP contribution in [-0.4, -0.2) is 46.3 Å². The molecule has 0 bridgehead atoms. The van der Waals surface area contributed by atoms with E-state index in [9.17, 15) is 14.0 Å². The molecule has 3 aromatic rings. The summed E-state index contributed by atoms with van der Waals surface area (Å²) in [6, 6.07) is 15.9. The van der Waals surface area contributed by atoms with Crippen molar-refractivity contribution in [2.45, 2.75) is 26.3 Å². The van der Waals surface area contributed by atoms with Crippen LogP contribution < -0.4 is 10.6 Å². The number of primary amides is 1. The van der Waals surface area contributed by atoms with Gasteiger partial charge in [0.05, 0.1) is 17.2 Å². The standard InChI is InChI=1S/C26H28FN5O2/c1-2-31(16-18-9-4-3-5-10-18)25(34)21-15-29-26(32-14-8-11-19(17-32)24(28)33)30-23(21)20-12-6-7-13-22(20)27/h3-7,9-10,12-13,15,19H,2,8,11,14,16-17H2,1H3,(H2,28,33). The van der Waals surface area contributed by atoms with Crippen LogP contribution in [0.25, 0.3) is 11.3 Å². The highest BCUT2D eigenvalue weighted by molar-refractivity contribution is 6.00. The summed E-state index contributed by atoms with van der Waals surface area (Å²) in [6.45, 7) is 3.84. The van der Waals surface area contributed by atoms with Gasteiger partial charge in [-0.25, -0.2) is 14.4 Å². The van der Waals surface area contributed by atoms with Gasteiger partial charge in [0.25, 0.3) is 5.91 Å². The Morgan fingerprint density at radius 1 is 1.15 bits per heavy atom. The summed E-state index contributed by atoms with van der Waals surface area (Å²) >= 11 is 0. The van der Waals surface area contributed by atoms with E-state index in [1.807, 2.05) is 42.2 Å². The molecule has 2 N–H and O–H groups in total. The third kappa shape index (κ3) is 5.06. The Kier molecular flexibility index (Phi) is 7.15. The Bertz CT molecular complexity index is 1170. The van der Waals surface area contributed by atoms with Crippen LogP contribution in [0.4, 0.5) is 10.3 Å². The van der Waals surface area contributed by atoms with Gasteiger partial charge in [-0.2, -0.15) is 0 Å². The van der Waals surface area contributed by atoms with Gasteiger partial charge in [0.1, 0.15) is 5.82 Å². The van der Waals surface area contributed by atoms with Crippen molar-refractivity contribution < 1.29 is 14.0 Å².